The van der Waals surface area contributed by atoms with E-state index in [9.17, 15) is 14.4 Å². The summed E-state index contributed by atoms with van der Waals surface area (Å²) in [5.74, 6) is -0.852. The van der Waals surface area contributed by atoms with E-state index in [-0.39, 0.29) is 18.2 Å². The number of aryl methyl sites for hydroxylation is 1. The molecule has 3 amide bonds. The van der Waals surface area contributed by atoms with Crippen molar-refractivity contribution < 1.29 is 14.4 Å². The maximum atomic E-state index is 13.0. The van der Waals surface area contributed by atoms with E-state index in [1.54, 1.807) is 4.90 Å². The number of nitrogens with zero attached hydrogens (tertiary/aromatic N) is 5. The van der Waals surface area contributed by atoms with Crippen LogP contribution in [0, 0.1) is 0 Å². The number of hydrogen-bond acceptors (Lipinski definition) is 5. The molecule has 0 spiro atoms. The van der Waals surface area contributed by atoms with Gasteiger partial charge in [-0.15, -0.1) is 0 Å². The molecule has 0 unspecified atom stereocenters. The predicted octanol–water partition coefficient (Wildman–Crippen LogP) is 2.05. The molecule has 2 aliphatic heterocycles. The van der Waals surface area contributed by atoms with Crippen molar-refractivity contribution >= 4 is 17.7 Å². The minimum absolute atomic E-state index is 0.168. The van der Waals surface area contributed by atoms with Crippen LogP contribution in [0.3, 0.4) is 0 Å². The summed E-state index contributed by atoms with van der Waals surface area (Å²) < 4.78 is 3.86. The topological polar surface area (TPSA) is 102 Å². The van der Waals surface area contributed by atoms with Crippen LogP contribution < -0.4 is 5.32 Å². The second kappa shape index (κ2) is 6.88. The maximum Gasteiger partial charge on any atom is 0.255 e. The molecule has 2 fully saturated rings. The number of aromatic nitrogens is 4. The molecular weight excluding hydrogens is 408 g/mol. The van der Waals surface area contributed by atoms with Crippen LogP contribution in [-0.4, -0.2) is 48.2 Å². The lowest BCUT2D eigenvalue weighted by Gasteiger charge is -2.29. The van der Waals surface area contributed by atoms with Gasteiger partial charge in [-0.1, -0.05) is 6.07 Å². The highest BCUT2D eigenvalue weighted by atomic mass is 16.2. The molecule has 1 aliphatic carbocycles. The molecule has 6 rings (SSSR count). The Hall–Kier alpha value is -3.75. The summed E-state index contributed by atoms with van der Waals surface area (Å²) in [5.41, 5.74) is 5.39. The molecule has 0 radical (unpaired) electrons. The quantitative estimate of drug-likeness (QED) is 0.639. The van der Waals surface area contributed by atoms with E-state index >= 15 is 0 Å². The van der Waals surface area contributed by atoms with Gasteiger partial charge in [0.25, 0.3) is 5.91 Å². The molecule has 3 aliphatic rings. The number of hydrogen-bond donors (Lipinski definition) is 1. The molecule has 162 valence electrons. The fourth-order valence-corrected chi connectivity index (χ4v) is 4.73. The molecule has 1 atom stereocenters. The molecular formula is C23H22N6O3. The van der Waals surface area contributed by atoms with Crippen LogP contribution in [0.2, 0.25) is 0 Å². The van der Waals surface area contributed by atoms with E-state index in [4.69, 9.17) is 0 Å². The smallest absolute Gasteiger partial charge is 0.255 e. The highest BCUT2D eigenvalue weighted by Crippen LogP contribution is 2.38. The van der Waals surface area contributed by atoms with Gasteiger partial charge < -0.3 is 4.90 Å². The van der Waals surface area contributed by atoms with Crippen molar-refractivity contribution in [1.29, 1.82) is 0 Å². The average molecular weight is 430 g/mol. The van der Waals surface area contributed by atoms with E-state index in [2.05, 4.69) is 21.7 Å². The number of carbonyl (C=O) groups excluding carboxylic acids is 3. The Morgan fingerprint density at radius 2 is 1.84 bits per heavy atom. The third kappa shape index (κ3) is 2.96. The maximum absolute atomic E-state index is 13.0. The summed E-state index contributed by atoms with van der Waals surface area (Å²) in [4.78, 5) is 38.3. The van der Waals surface area contributed by atoms with Gasteiger partial charge in [-0.2, -0.15) is 10.2 Å². The lowest BCUT2D eigenvalue weighted by molar-refractivity contribution is -0.136. The molecule has 4 heterocycles. The number of nitrogens with one attached hydrogen (secondary N) is 1. The summed E-state index contributed by atoms with van der Waals surface area (Å²) in [6.07, 6.45) is 8.72. The summed E-state index contributed by atoms with van der Waals surface area (Å²) in [7, 11) is 1.91. The summed E-state index contributed by atoms with van der Waals surface area (Å²) in [5, 5.41) is 11.3. The Kier molecular flexibility index (Phi) is 4.08. The van der Waals surface area contributed by atoms with Crippen molar-refractivity contribution in [2.45, 2.75) is 44.3 Å². The molecule has 3 aromatic rings. The molecule has 1 saturated carbocycles. The third-order valence-corrected chi connectivity index (χ3v) is 6.57. The van der Waals surface area contributed by atoms with E-state index in [0.717, 1.165) is 27.9 Å². The van der Waals surface area contributed by atoms with Crippen molar-refractivity contribution in [3.63, 3.8) is 0 Å². The summed E-state index contributed by atoms with van der Waals surface area (Å²) in [6.45, 7) is 0.351. The zero-order valence-corrected chi connectivity index (χ0v) is 17.6. The first kappa shape index (κ1) is 19.0. The Morgan fingerprint density at radius 1 is 1.00 bits per heavy atom. The number of carbonyl (C=O) groups is 3. The first-order valence-corrected chi connectivity index (χ1v) is 10.8. The number of benzene rings is 1. The molecule has 0 bridgehead atoms. The van der Waals surface area contributed by atoms with Crippen molar-refractivity contribution in [3.05, 3.63) is 47.9 Å². The van der Waals surface area contributed by atoms with Crippen LogP contribution >= 0.6 is 0 Å². The third-order valence-electron chi connectivity index (χ3n) is 6.57. The lowest BCUT2D eigenvalue weighted by Crippen LogP contribution is -2.52. The summed E-state index contributed by atoms with van der Waals surface area (Å²) >= 11 is 0. The van der Waals surface area contributed by atoms with Gasteiger partial charge in [0, 0.05) is 42.9 Å². The average Bonchev–Trinajstić information content (AvgIpc) is 3.24. The molecule has 32 heavy (non-hydrogen) atoms. The second-order valence-corrected chi connectivity index (χ2v) is 8.74. The highest BCUT2D eigenvalue weighted by Gasteiger charge is 2.39. The van der Waals surface area contributed by atoms with Gasteiger partial charge in [0.05, 0.1) is 24.1 Å². The standard InChI is InChI=1S/C23H22N6O3/c1-27-21(15-9-25-29(12-15)16-3-4-16)18(10-24-27)13-2-5-17-14(8-13)11-28(23(17)32)19-6-7-20(30)26-22(19)31/h2,5,8-10,12,16,19H,3-4,6-7,11H2,1H3,(H,26,30,31)/t19-/m0/s1. The molecule has 1 aromatic carbocycles. The van der Waals surface area contributed by atoms with Crippen LogP contribution in [0.1, 0.15) is 47.6 Å². The minimum atomic E-state index is -0.613. The number of rotatable bonds is 4. The van der Waals surface area contributed by atoms with Crippen LogP contribution in [-0.2, 0) is 23.2 Å². The fraction of sp³-hybridized carbons (Fsp3) is 0.348. The molecule has 9 nitrogen and oxygen atoms in total. The normalized spacial score (nSPS) is 20.6. The van der Waals surface area contributed by atoms with Gasteiger partial charge in [0.15, 0.2) is 0 Å². The largest absolute Gasteiger partial charge is 0.322 e. The van der Waals surface area contributed by atoms with E-state index < -0.39 is 11.9 Å². The fourth-order valence-electron chi connectivity index (χ4n) is 4.73. The Labute approximate surface area is 184 Å². The molecule has 1 saturated heterocycles. The van der Waals surface area contributed by atoms with Gasteiger partial charge in [0.2, 0.25) is 11.8 Å². The SMILES string of the molecule is Cn1ncc(-c2ccc3c(c2)CN([C@H]2CCC(=O)NC2=O)C3=O)c1-c1cnn(C2CC2)c1. The Morgan fingerprint density at radius 3 is 2.62 bits per heavy atom. The van der Waals surface area contributed by atoms with Gasteiger partial charge in [-0.25, -0.2) is 0 Å². The van der Waals surface area contributed by atoms with E-state index in [0.29, 0.717) is 24.6 Å². The zero-order valence-electron chi connectivity index (χ0n) is 17.6. The van der Waals surface area contributed by atoms with Gasteiger partial charge in [0.1, 0.15) is 6.04 Å². The number of fused-ring (bicyclic) bond motifs is 1. The number of imide groups is 1. The lowest BCUT2D eigenvalue weighted by atomic mass is 9.99. The molecule has 1 N–H and O–H groups in total. The predicted molar refractivity (Wildman–Crippen MR) is 114 cm³/mol. The van der Waals surface area contributed by atoms with Crippen LogP contribution in [0.4, 0.5) is 0 Å². The first-order valence-electron chi connectivity index (χ1n) is 10.8. The zero-order chi connectivity index (χ0) is 22.0. The Bertz CT molecular complexity index is 1280. The number of amides is 3. The van der Waals surface area contributed by atoms with Crippen molar-refractivity contribution in [3.8, 4) is 22.4 Å². The van der Waals surface area contributed by atoms with Crippen LogP contribution in [0.5, 0.6) is 0 Å². The number of piperidine rings is 1. The van der Waals surface area contributed by atoms with Crippen LogP contribution in [0.25, 0.3) is 22.4 Å². The second-order valence-electron chi connectivity index (χ2n) is 8.74. The van der Waals surface area contributed by atoms with Gasteiger partial charge >= 0.3 is 0 Å². The monoisotopic (exact) mass is 430 g/mol. The Balaban J connectivity index is 1.32. The molecule has 2 aromatic heterocycles. The molecule has 9 heteroatoms. The van der Waals surface area contributed by atoms with Crippen LogP contribution in [0.15, 0.2) is 36.8 Å². The summed E-state index contributed by atoms with van der Waals surface area (Å²) in [6, 6.07) is 5.65. The van der Waals surface area contributed by atoms with E-state index in [1.165, 1.54) is 12.8 Å². The van der Waals surface area contributed by atoms with Gasteiger partial charge in [-0.3, -0.25) is 29.1 Å². The van der Waals surface area contributed by atoms with Crippen molar-refractivity contribution in [2.24, 2.45) is 7.05 Å². The van der Waals surface area contributed by atoms with E-state index in [1.807, 2.05) is 47.0 Å². The highest BCUT2D eigenvalue weighted by molar-refractivity contribution is 6.05. The first-order chi connectivity index (χ1) is 15.5. The minimum Gasteiger partial charge on any atom is -0.322 e. The van der Waals surface area contributed by atoms with Gasteiger partial charge in [-0.05, 0) is 42.5 Å². The van der Waals surface area contributed by atoms with Crippen molar-refractivity contribution in [1.82, 2.24) is 29.8 Å². The van der Waals surface area contributed by atoms with Crippen molar-refractivity contribution in [2.75, 3.05) is 0 Å².